The van der Waals surface area contributed by atoms with Crippen LogP contribution in [0.4, 0.5) is 11.4 Å². The van der Waals surface area contributed by atoms with Crippen molar-refractivity contribution in [1.29, 1.82) is 0 Å². The highest BCUT2D eigenvalue weighted by Gasteiger charge is 2.28. The highest BCUT2D eigenvalue weighted by molar-refractivity contribution is 7.89. The number of hydrogen-bond donors (Lipinski definition) is 1. The zero-order valence-electron chi connectivity index (χ0n) is 18.0. The molecule has 0 bridgehead atoms. The molecule has 2 aliphatic rings. The summed E-state index contributed by atoms with van der Waals surface area (Å²) in [5.41, 5.74) is 2.31. The molecular weight excluding hydrogens is 430 g/mol. The molecule has 1 N–H and O–H groups in total. The molecule has 0 atom stereocenters. The topological polar surface area (TPSA) is 88.2 Å². The smallest absolute Gasteiger partial charge is 0.250 e. The lowest BCUT2D eigenvalue weighted by atomic mass is 10.2. The van der Waals surface area contributed by atoms with E-state index < -0.39 is 10.0 Å². The van der Waals surface area contributed by atoms with Crippen LogP contribution in [0, 0.1) is 0 Å². The summed E-state index contributed by atoms with van der Waals surface area (Å²) in [6.45, 7) is 3.39. The van der Waals surface area contributed by atoms with Crippen molar-refractivity contribution in [2.45, 2.75) is 24.3 Å². The minimum absolute atomic E-state index is 0.116. The van der Waals surface area contributed by atoms with Crippen LogP contribution in [0.25, 0.3) is 0 Å². The number of ether oxygens (including phenoxy) is 2. The van der Waals surface area contributed by atoms with Gasteiger partial charge in [0.05, 0.1) is 36.1 Å². The Balaban J connectivity index is 1.50. The van der Waals surface area contributed by atoms with Gasteiger partial charge in [-0.25, -0.2) is 8.42 Å². The first-order valence-electron chi connectivity index (χ1n) is 10.9. The molecule has 8 nitrogen and oxygen atoms in total. The molecule has 0 aliphatic carbocycles. The summed E-state index contributed by atoms with van der Waals surface area (Å²) >= 11 is 0. The molecular formula is C23H29N3O5S. The van der Waals surface area contributed by atoms with E-state index in [1.165, 1.54) is 4.31 Å². The van der Waals surface area contributed by atoms with E-state index in [2.05, 4.69) is 10.2 Å². The van der Waals surface area contributed by atoms with E-state index in [9.17, 15) is 13.2 Å². The lowest BCUT2D eigenvalue weighted by molar-refractivity contribution is -0.121. The molecule has 2 heterocycles. The van der Waals surface area contributed by atoms with Gasteiger partial charge in [0.2, 0.25) is 15.9 Å². The average molecular weight is 460 g/mol. The van der Waals surface area contributed by atoms with Crippen LogP contribution in [-0.4, -0.2) is 64.6 Å². The molecule has 2 fully saturated rings. The van der Waals surface area contributed by atoms with Gasteiger partial charge in [-0.3, -0.25) is 4.79 Å². The number of benzene rings is 2. The molecule has 2 aliphatic heterocycles. The number of nitrogens with zero attached hydrogens (tertiary/aromatic N) is 2. The first-order chi connectivity index (χ1) is 15.5. The van der Waals surface area contributed by atoms with Crippen molar-refractivity contribution in [3.63, 3.8) is 0 Å². The Morgan fingerprint density at radius 1 is 1.00 bits per heavy atom. The second kappa shape index (κ2) is 10.4. The van der Waals surface area contributed by atoms with E-state index in [1.54, 1.807) is 18.2 Å². The minimum atomic E-state index is -3.66. The van der Waals surface area contributed by atoms with Crippen LogP contribution in [0.2, 0.25) is 0 Å². The van der Waals surface area contributed by atoms with Crippen molar-refractivity contribution in [2.24, 2.45) is 0 Å². The van der Waals surface area contributed by atoms with Crippen LogP contribution in [0.15, 0.2) is 53.4 Å². The summed E-state index contributed by atoms with van der Waals surface area (Å²) in [5, 5.41) is 2.88. The quantitative estimate of drug-likeness (QED) is 0.653. The fourth-order valence-corrected chi connectivity index (χ4v) is 5.40. The molecule has 9 heteroatoms. The summed E-state index contributed by atoms with van der Waals surface area (Å²) in [6, 6.07) is 14.6. The van der Waals surface area contributed by atoms with E-state index in [0.29, 0.717) is 38.6 Å². The zero-order valence-corrected chi connectivity index (χ0v) is 18.9. The Bertz CT molecular complexity index is 1020. The SMILES string of the molecule is O=C(COCc1ccccc1)Nc1cc(S(=O)(=O)N2CCOCC2)ccc1N1CCCC1. The first kappa shape index (κ1) is 22.7. The highest BCUT2D eigenvalue weighted by atomic mass is 32.2. The largest absolute Gasteiger partial charge is 0.379 e. The summed E-state index contributed by atoms with van der Waals surface area (Å²) in [6.07, 6.45) is 2.14. The lowest BCUT2D eigenvalue weighted by Gasteiger charge is -2.27. The van der Waals surface area contributed by atoms with Crippen LogP contribution in [0.3, 0.4) is 0 Å². The Morgan fingerprint density at radius 3 is 2.44 bits per heavy atom. The maximum atomic E-state index is 13.1. The summed E-state index contributed by atoms with van der Waals surface area (Å²) < 4.78 is 38.5. The number of rotatable bonds is 8. The molecule has 0 radical (unpaired) electrons. The number of carbonyl (C=O) groups is 1. The Morgan fingerprint density at radius 2 is 1.72 bits per heavy atom. The van der Waals surface area contributed by atoms with Crippen molar-refractivity contribution >= 4 is 27.3 Å². The molecule has 0 aromatic heterocycles. The van der Waals surface area contributed by atoms with E-state index >= 15 is 0 Å². The van der Waals surface area contributed by atoms with Crippen molar-refractivity contribution in [3.05, 3.63) is 54.1 Å². The Labute approximate surface area is 189 Å². The molecule has 32 heavy (non-hydrogen) atoms. The second-order valence-corrected chi connectivity index (χ2v) is 9.85. The number of morpholine rings is 1. The molecule has 4 rings (SSSR count). The molecule has 172 valence electrons. The van der Waals surface area contributed by atoms with Crippen LogP contribution >= 0.6 is 0 Å². The molecule has 2 aromatic rings. The van der Waals surface area contributed by atoms with Gasteiger partial charge in [0.1, 0.15) is 6.61 Å². The Hall–Kier alpha value is -2.46. The fourth-order valence-electron chi connectivity index (χ4n) is 3.97. The number of anilines is 2. The van der Waals surface area contributed by atoms with Crippen molar-refractivity contribution in [3.8, 4) is 0 Å². The van der Waals surface area contributed by atoms with Gasteiger partial charge in [0, 0.05) is 26.2 Å². The van der Waals surface area contributed by atoms with Gasteiger partial charge in [-0.05, 0) is 36.6 Å². The maximum Gasteiger partial charge on any atom is 0.250 e. The predicted molar refractivity (Wildman–Crippen MR) is 122 cm³/mol. The molecule has 0 saturated carbocycles. The number of carbonyl (C=O) groups excluding carboxylic acids is 1. The van der Waals surface area contributed by atoms with E-state index in [4.69, 9.17) is 9.47 Å². The lowest BCUT2D eigenvalue weighted by Crippen LogP contribution is -2.40. The van der Waals surface area contributed by atoms with Crippen molar-refractivity contribution in [1.82, 2.24) is 4.31 Å². The van der Waals surface area contributed by atoms with Gasteiger partial charge < -0.3 is 19.7 Å². The van der Waals surface area contributed by atoms with Gasteiger partial charge >= 0.3 is 0 Å². The number of nitrogens with one attached hydrogen (secondary N) is 1. The predicted octanol–water partition coefficient (Wildman–Crippen LogP) is 2.46. The van der Waals surface area contributed by atoms with Gasteiger partial charge in [-0.2, -0.15) is 4.31 Å². The van der Waals surface area contributed by atoms with E-state index in [0.717, 1.165) is 37.2 Å². The number of sulfonamides is 1. The van der Waals surface area contributed by atoms with Crippen LogP contribution in [-0.2, 0) is 30.9 Å². The van der Waals surface area contributed by atoms with Gasteiger partial charge in [-0.1, -0.05) is 30.3 Å². The van der Waals surface area contributed by atoms with Crippen LogP contribution < -0.4 is 10.2 Å². The van der Waals surface area contributed by atoms with Crippen molar-refractivity contribution in [2.75, 3.05) is 56.2 Å². The monoisotopic (exact) mass is 459 g/mol. The summed E-state index contributed by atoms with van der Waals surface area (Å²) in [4.78, 5) is 14.9. The van der Waals surface area contributed by atoms with Gasteiger partial charge in [-0.15, -0.1) is 0 Å². The van der Waals surface area contributed by atoms with E-state index in [1.807, 2.05) is 30.3 Å². The number of hydrogen-bond acceptors (Lipinski definition) is 6. The third-order valence-corrected chi connectivity index (χ3v) is 7.54. The first-order valence-corrected chi connectivity index (χ1v) is 12.4. The highest BCUT2D eigenvalue weighted by Crippen LogP contribution is 2.32. The van der Waals surface area contributed by atoms with Crippen LogP contribution in [0.5, 0.6) is 0 Å². The molecule has 0 spiro atoms. The third kappa shape index (κ3) is 5.47. The second-order valence-electron chi connectivity index (χ2n) is 7.92. The zero-order chi connectivity index (χ0) is 22.4. The molecule has 2 aromatic carbocycles. The maximum absolute atomic E-state index is 13.1. The summed E-state index contributed by atoms with van der Waals surface area (Å²) in [5.74, 6) is -0.317. The normalized spacial score (nSPS) is 17.4. The molecule has 1 amide bonds. The molecule has 0 unspecified atom stereocenters. The van der Waals surface area contributed by atoms with Gasteiger partial charge in [0.25, 0.3) is 0 Å². The minimum Gasteiger partial charge on any atom is -0.379 e. The third-order valence-electron chi connectivity index (χ3n) is 5.64. The molecule has 2 saturated heterocycles. The Kier molecular flexibility index (Phi) is 7.41. The van der Waals surface area contributed by atoms with Crippen molar-refractivity contribution < 1.29 is 22.7 Å². The average Bonchev–Trinajstić information content (AvgIpc) is 3.35. The number of amides is 1. The fraction of sp³-hybridized carbons (Fsp3) is 0.435. The standard InChI is InChI=1S/C23H29N3O5S/c27-23(18-31-17-19-6-2-1-3-7-19)24-21-16-20(8-9-22(21)25-10-4-5-11-25)32(28,29)26-12-14-30-15-13-26/h1-3,6-9,16H,4-5,10-15,17-18H2,(H,24,27). The van der Waals surface area contributed by atoms with E-state index in [-0.39, 0.29) is 17.4 Å². The summed E-state index contributed by atoms with van der Waals surface area (Å²) in [7, 11) is -3.66. The van der Waals surface area contributed by atoms with Gasteiger partial charge in [0.15, 0.2) is 0 Å². The van der Waals surface area contributed by atoms with Crippen LogP contribution in [0.1, 0.15) is 18.4 Å².